The number of carbonyl (C=O) groups excluding carboxylic acids is 2. The highest BCUT2D eigenvalue weighted by molar-refractivity contribution is 5.95. The number of anilines is 1. The van der Waals surface area contributed by atoms with Gasteiger partial charge in [-0.3, -0.25) is 4.79 Å². The van der Waals surface area contributed by atoms with Gasteiger partial charge in [0.05, 0.1) is 19.1 Å². The van der Waals surface area contributed by atoms with Gasteiger partial charge in [0, 0.05) is 12.7 Å². The number of nitrogens with one attached hydrogen (secondary N) is 1. The number of esters is 1. The first-order valence-corrected chi connectivity index (χ1v) is 5.39. The van der Waals surface area contributed by atoms with Crippen LogP contribution in [0.15, 0.2) is 18.2 Å². The quantitative estimate of drug-likeness (QED) is 0.590. The van der Waals surface area contributed by atoms with Gasteiger partial charge in [0.2, 0.25) is 5.91 Å². The van der Waals surface area contributed by atoms with Crippen molar-refractivity contribution in [2.75, 3.05) is 26.5 Å². The van der Waals surface area contributed by atoms with Crippen molar-refractivity contribution in [2.45, 2.75) is 6.42 Å². The maximum absolute atomic E-state index is 11.7. The molecule has 18 heavy (non-hydrogen) atoms. The Labute approximate surface area is 105 Å². The average molecular weight is 252 g/mol. The minimum atomic E-state index is -0.574. The molecule has 0 spiro atoms. The lowest BCUT2D eigenvalue weighted by Crippen LogP contribution is -2.20. The summed E-state index contributed by atoms with van der Waals surface area (Å²) in [6, 6.07) is 4.71. The highest BCUT2D eigenvalue weighted by Crippen LogP contribution is 2.20. The van der Waals surface area contributed by atoms with Crippen LogP contribution in [0.25, 0.3) is 0 Å². The van der Waals surface area contributed by atoms with Crippen molar-refractivity contribution in [2.24, 2.45) is 0 Å². The van der Waals surface area contributed by atoms with Crippen LogP contribution in [0.2, 0.25) is 0 Å². The summed E-state index contributed by atoms with van der Waals surface area (Å²) in [5.74, 6) is -0.251. The fourth-order valence-electron chi connectivity index (χ4n) is 1.28. The third-order valence-electron chi connectivity index (χ3n) is 2.32. The summed E-state index contributed by atoms with van der Waals surface area (Å²) in [6.07, 6.45) is 0.117. The summed E-state index contributed by atoms with van der Waals surface area (Å²) >= 11 is 0. The topological polar surface area (TPSA) is 90.6 Å². The van der Waals surface area contributed by atoms with Crippen LogP contribution < -0.4 is 15.8 Å². The smallest absolute Gasteiger partial charge is 0.340 e. The van der Waals surface area contributed by atoms with Crippen molar-refractivity contribution in [1.82, 2.24) is 5.32 Å². The molecule has 0 aliphatic carbocycles. The highest BCUT2D eigenvalue weighted by atomic mass is 16.5. The normalized spacial score (nSPS) is 9.67. The van der Waals surface area contributed by atoms with Crippen LogP contribution in [0, 0.1) is 0 Å². The highest BCUT2D eigenvalue weighted by Gasteiger charge is 2.13. The predicted octanol–water partition coefficient (Wildman–Crippen LogP) is 0.570. The van der Waals surface area contributed by atoms with Gasteiger partial charge >= 0.3 is 5.97 Å². The van der Waals surface area contributed by atoms with Gasteiger partial charge in [-0.15, -0.1) is 0 Å². The van der Waals surface area contributed by atoms with Gasteiger partial charge < -0.3 is 20.5 Å². The predicted molar refractivity (Wildman–Crippen MR) is 66.4 cm³/mol. The van der Waals surface area contributed by atoms with E-state index in [0.717, 1.165) is 0 Å². The van der Waals surface area contributed by atoms with E-state index in [-0.39, 0.29) is 24.5 Å². The van der Waals surface area contributed by atoms with Crippen molar-refractivity contribution in [1.29, 1.82) is 0 Å². The molecule has 0 saturated carbocycles. The van der Waals surface area contributed by atoms with Gasteiger partial charge in [-0.05, 0) is 18.2 Å². The summed E-state index contributed by atoms with van der Waals surface area (Å²) in [4.78, 5) is 22.7. The molecule has 0 radical (unpaired) electrons. The zero-order valence-electron chi connectivity index (χ0n) is 10.4. The minimum Gasteiger partial charge on any atom is -0.497 e. The largest absolute Gasteiger partial charge is 0.497 e. The molecule has 3 N–H and O–H groups in total. The Morgan fingerprint density at radius 2 is 2.11 bits per heavy atom. The molecule has 1 aromatic carbocycles. The molecule has 1 amide bonds. The van der Waals surface area contributed by atoms with Gasteiger partial charge in [-0.1, -0.05) is 0 Å². The SMILES string of the molecule is CNC(=O)CCOC(=O)c1cc(OC)ccc1N. The number of hydrogen-bond donors (Lipinski definition) is 2. The van der Waals surface area contributed by atoms with Crippen LogP contribution in [0.5, 0.6) is 5.75 Å². The molecule has 6 heteroatoms. The molecule has 0 atom stereocenters. The van der Waals surface area contributed by atoms with E-state index >= 15 is 0 Å². The monoisotopic (exact) mass is 252 g/mol. The van der Waals surface area contributed by atoms with Crippen LogP contribution in [0.1, 0.15) is 16.8 Å². The standard InChI is InChI=1S/C12H16N2O4/c1-14-11(15)5-6-18-12(16)9-7-8(17-2)3-4-10(9)13/h3-4,7H,5-6,13H2,1-2H3,(H,14,15). The third-order valence-corrected chi connectivity index (χ3v) is 2.32. The van der Waals surface area contributed by atoms with Gasteiger partial charge in [0.15, 0.2) is 0 Å². The van der Waals surface area contributed by atoms with Crippen LogP contribution in [-0.2, 0) is 9.53 Å². The Morgan fingerprint density at radius 3 is 2.72 bits per heavy atom. The maximum atomic E-state index is 11.7. The number of methoxy groups -OCH3 is 1. The fourth-order valence-corrected chi connectivity index (χ4v) is 1.28. The Balaban J connectivity index is 2.63. The number of amides is 1. The first kappa shape index (κ1) is 13.8. The maximum Gasteiger partial charge on any atom is 0.340 e. The van der Waals surface area contributed by atoms with Crippen LogP contribution in [-0.4, -0.2) is 32.6 Å². The molecule has 0 heterocycles. The van der Waals surface area contributed by atoms with E-state index in [0.29, 0.717) is 11.4 Å². The summed E-state index contributed by atoms with van der Waals surface area (Å²) < 4.78 is 9.94. The van der Waals surface area contributed by atoms with Crippen molar-refractivity contribution >= 4 is 17.6 Å². The average Bonchev–Trinajstić information content (AvgIpc) is 2.38. The van der Waals surface area contributed by atoms with E-state index in [1.54, 1.807) is 12.1 Å². The zero-order valence-corrected chi connectivity index (χ0v) is 10.4. The number of rotatable bonds is 5. The van der Waals surface area contributed by atoms with Crippen LogP contribution in [0.3, 0.4) is 0 Å². The molecule has 0 bridgehead atoms. The summed E-state index contributed by atoms with van der Waals surface area (Å²) in [6.45, 7) is 0.00908. The van der Waals surface area contributed by atoms with Gasteiger partial charge in [0.25, 0.3) is 0 Å². The molecule has 0 unspecified atom stereocenters. The number of nitrogens with two attached hydrogens (primary N) is 1. The number of ether oxygens (including phenoxy) is 2. The molecule has 0 aliphatic rings. The van der Waals surface area contributed by atoms with E-state index in [2.05, 4.69) is 5.32 Å². The lowest BCUT2D eigenvalue weighted by Gasteiger charge is -2.08. The lowest BCUT2D eigenvalue weighted by molar-refractivity contribution is -0.121. The Bertz CT molecular complexity index is 446. The summed E-state index contributed by atoms with van der Waals surface area (Å²) in [5.41, 5.74) is 6.20. The molecule has 0 saturated heterocycles. The lowest BCUT2D eigenvalue weighted by atomic mass is 10.2. The first-order chi connectivity index (χ1) is 8.58. The van der Waals surface area contributed by atoms with E-state index in [1.165, 1.54) is 20.2 Å². The first-order valence-electron chi connectivity index (χ1n) is 5.39. The van der Waals surface area contributed by atoms with Gasteiger partial charge in [-0.25, -0.2) is 4.79 Å². The van der Waals surface area contributed by atoms with Gasteiger partial charge in [-0.2, -0.15) is 0 Å². The zero-order chi connectivity index (χ0) is 13.5. The molecular formula is C12H16N2O4. The second-order valence-corrected chi connectivity index (χ2v) is 3.51. The Morgan fingerprint density at radius 1 is 1.39 bits per heavy atom. The van der Waals surface area contributed by atoms with Crippen molar-refractivity contribution in [3.05, 3.63) is 23.8 Å². The number of hydrogen-bond acceptors (Lipinski definition) is 5. The van der Waals surface area contributed by atoms with Crippen LogP contribution >= 0.6 is 0 Å². The Hall–Kier alpha value is -2.24. The molecule has 0 fully saturated rings. The molecule has 0 aliphatic heterocycles. The third kappa shape index (κ3) is 3.65. The van der Waals surface area contributed by atoms with Gasteiger partial charge in [0.1, 0.15) is 12.4 Å². The number of carbonyl (C=O) groups is 2. The Kier molecular flexibility index (Phi) is 4.98. The molecule has 1 rings (SSSR count). The second-order valence-electron chi connectivity index (χ2n) is 3.51. The fraction of sp³-hybridized carbons (Fsp3) is 0.333. The summed E-state index contributed by atoms with van der Waals surface area (Å²) in [5, 5.41) is 2.43. The molecule has 6 nitrogen and oxygen atoms in total. The summed E-state index contributed by atoms with van der Waals surface area (Å²) in [7, 11) is 3.01. The van der Waals surface area contributed by atoms with Crippen molar-refractivity contribution in [3.8, 4) is 5.75 Å². The molecule has 0 aromatic heterocycles. The van der Waals surface area contributed by atoms with Crippen molar-refractivity contribution in [3.63, 3.8) is 0 Å². The number of nitrogen functional groups attached to an aromatic ring is 1. The second kappa shape index (κ2) is 6.48. The van der Waals surface area contributed by atoms with E-state index in [1.807, 2.05) is 0 Å². The van der Waals surface area contributed by atoms with E-state index in [9.17, 15) is 9.59 Å². The molecular weight excluding hydrogens is 236 g/mol. The molecule has 98 valence electrons. The minimum absolute atomic E-state index is 0.00908. The number of benzene rings is 1. The molecule has 1 aromatic rings. The van der Waals surface area contributed by atoms with Crippen molar-refractivity contribution < 1.29 is 19.1 Å². The van der Waals surface area contributed by atoms with Crippen LogP contribution in [0.4, 0.5) is 5.69 Å². The van der Waals surface area contributed by atoms with E-state index in [4.69, 9.17) is 15.2 Å². The van der Waals surface area contributed by atoms with E-state index < -0.39 is 5.97 Å².